The van der Waals surface area contributed by atoms with Crippen molar-refractivity contribution in [2.24, 2.45) is 5.92 Å². The first-order valence-electron chi connectivity index (χ1n) is 6.63. The van der Waals surface area contributed by atoms with Gasteiger partial charge in [-0.2, -0.15) is 0 Å². The van der Waals surface area contributed by atoms with Crippen molar-refractivity contribution in [3.63, 3.8) is 0 Å². The summed E-state index contributed by atoms with van der Waals surface area (Å²) in [6, 6.07) is 4.70. The van der Waals surface area contributed by atoms with Gasteiger partial charge in [0.05, 0.1) is 4.92 Å². The van der Waals surface area contributed by atoms with Gasteiger partial charge in [-0.05, 0) is 31.2 Å². The highest BCUT2D eigenvalue weighted by molar-refractivity contribution is 6.18. The second kappa shape index (κ2) is 6.22. The Labute approximate surface area is 122 Å². The summed E-state index contributed by atoms with van der Waals surface area (Å²) >= 11 is 5.86. The number of nitro groups is 1. The van der Waals surface area contributed by atoms with Crippen LogP contribution in [0.25, 0.3) is 0 Å². The van der Waals surface area contributed by atoms with Crippen molar-refractivity contribution in [2.45, 2.75) is 19.8 Å². The van der Waals surface area contributed by atoms with Crippen LogP contribution >= 0.6 is 11.6 Å². The zero-order chi connectivity index (χ0) is 14.7. The lowest BCUT2D eigenvalue weighted by molar-refractivity contribution is -0.385. The van der Waals surface area contributed by atoms with Crippen LogP contribution in [0.2, 0.25) is 0 Å². The van der Waals surface area contributed by atoms with Gasteiger partial charge in [-0.3, -0.25) is 14.9 Å². The smallest absolute Gasteiger partial charge is 0.282 e. The number of aryl methyl sites for hydroxylation is 1. The molecule has 0 aromatic heterocycles. The topological polar surface area (TPSA) is 63.5 Å². The van der Waals surface area contributed by atoms with Crippen molar-refractivity contribution in [1.82, 2.24) is 4.90 Å². The molecule has 1 aliphatic rings. The summed E-state index contributed by atoms with van der Waals surface area (Å²) in [6.45, 7) is 2.94. The van der Waals surface area contributed by atoms with Crippen LogP contribution in [-0.2, 0) is 0 Å². The van der Waals surface area contributed by atoms with Crippen molar-refractivity contribution < 1.29 is 9.72 Å². The summed E-state index contributed by atoms with van der Waals surface area (Å²) in [7, 11) is 0. The van der Waals surface area contributed by atoms with Gasteiger partial charge in [-0.25, -0.2) is 0 Å². The molecule has 1 amide bonds. The van der Waals surface area contributed by atoms with Crippen LogP contribution in [0.3, 0.4) is 0 Å². The number of carbonyl (C=O) groups is 1. The van der Waals surface area contributed by atoms with Gasteiger partial charge in [0.1, 0.15) is 5.56 Å². The fraction of sp³-hybridized carbons (Fsp3) is 0.500. The Morgan fingerprint density at radius 1 is 1.55 bits per heavy atom. The molecular weight excluding hydrogens is 280 g/mol. The summed E-state index contributed by atoms with van der Waals surface area (Å²) < 4.78 is 0. The van der Waals surface area contributed by atoms with Crippen LogP contribution in [0.4, 0.5) is 5.69 Å². The highest BCUT2D eigenvalue weighted by Crippen LogP contribution is 2.26. The zero-order valence-electron chi connectivity index (χ0n) is 11.3. The number of hydrogen-bond donors (Lipinski definition) is 0. The summed E-state index contributed by atoms with van der Waals surface area (Å²) in [5, 5.41) is 11.1. The largest absolute Gasteiger partial charge is 0.338 e. The minimum atomic E-state index is -0.497. The first-order valence-corrected chi connectivity index (χ1v) is 7.17. The molecule has 6 heteroatoms. The average molecular weight is 297 g/mol. The Bertz CT molecular complexity index is 533. The number of nitrogens with zero attached hydrogens (tertiary/aromatic N) is 2. The van der Waals surface area contributed by atoms with E-state index in [4.69, 9.17) is 11.6 Å². The molecule has 2 rings (SSSR count). The Morgan fingerprint density at radius 3 is 2.95 bits per heavy atom. The molecule has 0 N–H and O–H groups in total. The zero-order valence-corrected chi connectivity index (χ0v) is 12.1. The Balaban J connectivity index is 2.31. The van der Waals surface area contributed by atoms with Gasteiger partial charge < -0.3 is 4.90 Å². The summed E-state index contributed by atoms with van der Waals surface area (Å²) in [5.74, 6) is 0.529. The number of piperidine rings is 1. The van der Waals surface area contributed by atoms with Gasteiger partial charge in [-0.1, -0.05) is 12.1 Å². The number of carbonyl (C=O) groups excluding carboxylic acids is 1. The van der Waals surface area contributed by atoms with E-state index in [2.05, 4.69) is 0 Å². The Kier molecular flexibility index (Phi) is 4.60. The van der Waals surface area contributed by atoms with Crippen molar-refractivity contribution in [1.29, 1.82) is 0 Å². The van der Waals surface area contributed by atoms with E-state index in [1.165, 1.54) is 6.07 Å². The average Bonchev–Trinajstić information content (AvgIpc) is 2.46. The molecule has 5 nitrogen and oxygen atoms in total. The number of halogens is 1. The van der Waals surface area contributed by atoms with Crippen LogP contribution in [0, 0.1) is 23.0 Å². The van der Waals surface area contributed by atoms with Gasteiger partial charge in [0, 0.05) is 25.0 Å². The number of benzene rings is 1. The first-order chi connectivity index (χ1) is 9.54. The number of amides is 1. The monoisotopic (exact) mass is 296 g/mol. The predicted octanol–water partition coefficient (Wildman–Crippen LogP) is 2.99. The third kappa shape index (κ3) is 2.93. The van der Waals surface area contributed by atoms with Gasteiger partial charge in [0.25, 0.3) is 11.6 Å². The van der Waals surface area contributed by atoms with Crippen molar-refractivity contribution in [3.8, 4) is 0 Å². The lowest BCUT2D eigenvalue weighted by Gasteiger charge is -2.32. The van der Waals surface area contributed by atoms with Crippen molar-refractivity contribution >= 4 is 23.2 Å². The number of nitro benzene ring substituents is 1. The van der Waals surface area contributed by atoms with E-state index < -0.39 is 4.92 Å². The number of likely N-dealkylation sites (tertiary alicyclic amines) is 1. The second-order valence-electron chi connectivity index (χ2n) is 5.14. The highest BCUT2D eigenvalue weighted by atomic mass is 35.5. The molecule has 0 aliphatic carbocycles. The molecule has 1 heterocycles. The lowest BCUT2D eigenvalue weighted by Crippen LogP contribution is -2.40. The maximum atomic E-state index is 12.6. The molecule has 1 aromatic rings. The molecule has 0 spiro atoms. The Hall–Kier alpha value is -1.62. The molecule has 0 bridgehead atoms. The summed E-state index contributed by atoms with van der Waals surface area (Å²) in [6.07, 6.45) is 1.89. The van der Waals surface area contributed by atoms with E-state index in [1.54, 1.807) is 24.0 Å². The fourth-order valence-corrected chi connectivity index (χ4v) is 2.87. The van der Waals surface area contributed by atoms with Crippen molar-refractivity contribution in [2.75, 3.05) is 19.0 Å². The van der Waals surface area contributed by atoms with Crippen LogP contribution in [0.1, 0.15) is 28.8 Å². The number of alkyl halides is 1. The summed E-state index contributed by atoms with van der Waals surface area (Å²) in [4.78, 5) is 24.9. The fourth-order valence-electron chi connectivity index (χ4n) is 2.62. The van der Waals surface area contributed by atoms with Crippen LogP contribution in [0.15, 0.2) is 18.2 Å². The third-order valence-corrected chi connectivity index (χ3v) is 4.12. The molecule has 1 atom stereocenters. The lowest BCUT2D eigenvalue weighted by atomic mass is 9.98. The van der Waals surface area contributed by atoms with Gasteiger partial charge in [0.2, 0.25) is 0 Å². The van der Waals surface area contributed by atoms with Crippen LogP contribution in [0.5, 0.6) is 0 Å². The van der Waals surface area contributed by atoms with E-state index in [0.29, 0.717) is 24.5 Å². The first kappa shape index (κ1) is 14.8. The maximum absolute atomic E-state index is 12.6. The third-order valence-electron chi connectivity index (χ3n) is 3.69. The molecular formula is C14H17ClN2O3. The van der Waals surface area contributed by atoms with E-state index in [-0.39, 0.29) is 23.1 Å². The van der Waals surface area contributed by atoms with E-state index in [1.807, 2.05) is 0 Å². The summed E-state index contributed by atoms with van der Waals surface area (Å²) in [5.41, 5.74) is 0.716. The standard InChI is InChI=1S/C14H17ClN2O3/c1-10-4-2-6-12(17(19)20)13(10)14(18)16-7-3-5-11(8-15)9-16/h2,4,6,11H,3,5,7-9H2,1H3. The second-order valence-corrected chi connectivity index (χ2v) is 5.45. The number of rotatable bonds is 3. The predicted molar refractivity (Wildman–Crippen MR) is 77.2 cm³/mol. The molecule has 108 valence electrons. The normalized spacial score (nSPS) is 18.9. The molecule has 20 heavy (non-hydrogen) atoms. The van der Waals surface area contributed by atoms with E-state index in [9.17, 15) is 14.9 Å². The molecule has 1 aliphatic heterocycles. The Morgan fingerprint density at radius 2 is 2.30 bits per heavy atom. The molecule has 0 saturated carbocycles. The van der Waals surface area contributed by atoms with Crippen molar-refractivity contribution in [3.05, 3.63) is 39.4 Å². The molecule has 0 radical (unpaired) electrons. The highest BCUT2D eigenvalue weighted by Gasteiger charge is 2.29. The van der Waals surface area contributed by atoms with Crippen LogP contribution in [-0.4, -0.2) is 34.7 Å². The van der Waals surface area contributed by atoms with Gasteiger partial charge in [0.15, 0.2) is 0 Å². The van der Waals surface area contributed by atoms with Gasteiger partial charge >= 0.3 is 0 Å². The SMILES string of the molecule is Cc1cccc([N+](=O)[O-])c1C(=O)N1CCCC(CCl)C1. The minimum absolute atomic E-state index is 0.122. The molecule has 1 aromatic carbocycles. The van der Waals surface area contributed by atoms with Crippen LogP contribution < -0.4 is 0 Å². The minimum Gasteiger partial charge on any atom is -0.338 e. The molecule has 1 fully saturated rings. The molecule has 1 saturated heterocycles. The quantitative estimate of drug-likeness (QED) is 0.489. The van der Waals surface area contributed by atoms with E-state index in [0.717, 1.165) is 12.8 Å². The van der Waals surface area contributed by atoms with Gasteiger partial charge in [-0.15, -0.1) is 11.6 Å². The van der Waals surface area contributed by atoms with E-state index >= 15 is 0 Å². The number of hydrogen-bond acceptors (Lipinski definition) is 3. The molecule has 1 unspecified atom stereocenters. The maximum Gasteiger partial charge on any atom is 0.282 e.